The molecule has 110 valence electrons. The van der Waals surface area contributed by atoms with E-state index in [0.29, 0.717) is 5.02 Å². The number of nitrogens with zero attached hydrogens (tertiary/aromatic N) is 3. The molecule has 21 heavy (non-hydrogen) atoms. The van der Waals surface area contributed by atoms with Gasteiger partial charge >= 0.3 is 5.97 Å². The molecule has 1 aromatic carbocycles. The monoisotopic (exact) mass is 308 g/mol. The number of nitrogens with one attached hydrogen (secondary N) is 1. The summed E-state index contributed by atoms with van der Waals surface area (Å²) in [6.45, 7) is 1.72. The fraction of sp³-hybridized carbons (Fsp3) is 0.231. The predicted octanol–water partition coefficient (Wildman–Crippen LogP) is 1.51. The molecule has 1 aromatic heterocycles. The quantitative estimate of drug-likeness (QED) is 0.872. The van der Waals surface area contributed by atoms with Crippen LogP contribution in [0, 0.1) is 0 Å². The van der Waals surface area contributed by atoms with Crippen molar-refractivity contribution in [1.82, 2.24) is 20.3 Å². The number of carbonyl (C=O) groups excluding carboxylic acids is 1. The number of halogens is 1. The number of amides is 1. The van der Waals surface area contributed by atoms with Crippen molar-refractivity contribution in [3.8, 4) is 0 Å². The highest BCUT2D eigenvalue weighted by Crippen LogP contribution is 2.17. The molecular formula is C13H13ClN4O3. The topological polar surface area (TPSA) is 97.1 Å². The van der Waals surface area contributed by atoms with Crippen molar-refractivity contribution in [2.45, 2.75) is 19.5 Å². The zero-order valence-corrected chi connectivity index (χ0v) is 11.9. The Bertz CT molecular complexity index is 671. The van der Waals surface area contributed by atoms with Crippen molar-refractivity contribution in [1.29, 1.82) is 0 Å². The van der Waals surface area contributed by atoms with E-state index < -0.39 is 5.97 Å². The summed E-state index contributed by atoms with van der Waals surface area (Å²) >= 11 is 5.90. The summed E-state index contributed by atoms with van der Waals surface area (Å²) in [6, 6.07) is 6.96. The second kappa shape index (κ2) is 6.36. The first-order valence-corrected chi connectivity index (χ1v) is 6.52. The van der Waals surface area contributed by atoms with Crippen LogP contribution in [0.1, 0.15) is 29.0 Å². The average Bonchev–Trinajstić information content (AvgIpc) is 2.87. The third-order valence-electron chi connectivity index (χ3n) is 2.79. The van der Waals surface area contributed by atoms with Crippen LogP contribution in [0.15, 0.2) is 30.5 Å². The van der Waals surface area contributed by atoms with Crippen LogP contribution >= 0.6 is 11.6 Å². The Kier molecular flexibility index (Phi) is 4.54. The SMILES string of the molecule is CC(NC(=O)Cn1cc(C(=O)O)nn1)c1cccc(Cl)c1. The van der Waals surface area contributed by atoms with E-state index in [1.54, 1.807) is 18.2 Å². The Morgan fingerprint density at radius 1 is 1.48 bits per heavy atom. The van der Waals surface area contributed by atoms with Gasteiger partial charge in [0.25, 0.3) is 0 Å². The Hall–Kier alpha value is -2.41. The van der Waals surface area contributed by atoms with Crippen molar-refractivity contribution in [2.24, 2.45) is 0 Å². The molecule has 1 unspecified atom stereocenters. The maximum atomic E-state index is 11.9. The molecule has 7 nitrogen and oxygen atoms in total. The molecule has 0 saturated carbocycles. The standard InChI is InChI=1S/C13H13ClN4O3/c1-8(9-3-2-4-10(14)5-9)15-12(19)7-18-6-11(13(20)21)16-17-18/h2-6,8H,7H2,1H3,(H,15,19)(H,20,21). The van der Waals surface area contributed by atoms with E-state index in [2.05, 4.69) is 15.6 Å². The average molecular weight is 309 g/mol. The van der Waals surface area contributed by atoms with E-state index in [9.17, 15) is 9.59 Å². The van der Waals surface area contributed by atoms with Gasteiger partial charge in [0, 0.05) is 5.02 Å². The molecule has 1 amide bonds. The number of carbonyl (C=O) groups is 2. The lowest BCUT2D eigenvalue weighted by Gasteiger charge is -2.14. The fourth-order valence-electron chi connectivity index (χ4n) is 1.77. The fourth-order valence-corrected chi connectivity index (χ4v) is 1.97. The summed E-state index contributed by atoms with van der Waals surface area (Å²) in [5.74, 6) is -1.49. The van der Waals surface area contributed by atoms with Crippen LogP contribution in [0.25, 0.3) is 0 Å². The number of carboxylic acid groups (broad SMARTS) is 1. The molecule has 0 fully saturated rings. The van der Waals surface area contributed by atoms with Crippen LogP contribution < -0.4 is 5.32 Å². The van der Waals surface area contributed by atoms with E-state index in [-0.39, 0.29) is 24.2 Å². The van der Waals surface area contributed by atoms with Gasteiger partial charge < -0.3 is 10.4 Å². The lowest BCUT2D eigenvalue weighted by Crippen LogP contribution is -2.30. The lowest BCUT2D eigenvalue weighted by molar-refractivity contribution is -0.122. The summed E-state index contributed by atoms with van der Waals surface area (Å²) in [4.78, 5) is 22.5. The van der Waals surface area contributed by atoms with Gasteiger partial charge in [-0.1, -0.05) is 28.9 Å². The number of aromatic carboxylic acids is 1. The molecule has 0 aliphatic heterocycles. The molecule has 1 atom stereocenters. The molecule has 0 saturated heterocycles. The third kappa shape index (κ3) is 4.03. The maximum Gasteiger partial charge on any atom is 0.358 e. The molecule has 0 spiro atoms. The molecule has 8 heteroatoms. The van der Waals surface area contributed by atoms with Gasteiger partial charge in [0.1, 0.15) is 6.54 Å². The van der Waals surface area contributed by atoms with Crippen molar-refractivity contribution >= 4 is 23.5 Å². The molecule has 2 rings (SSSR count). The highest BCUT2D eigenvalue weighted by atomic mass is 35.5. The number of carboxylic acids is 1. The van der Waals surface area contributed by atoms with Crippen LogP contribution in [0.3, 0.4) is 0 Å². The van der Waals surface area contributed by atoms with E-state index in [0.717, 1.165) is 5.56 Å². The van der Waals surface area contributed by atoms with E-state index >= 15 is 0 Å². The summed E-state index contributed by atoms with van der Waals surface area (Å²) in [7, 11) is 0. The highest BCUT2D eigenvalue weighted by Gasteiger charge is 2.13. The molecule has 0 aliphatic rings. The normalized spacial score (nSPS) is 11.9. The third-order valence-corrected chi connectivity index (χ3v) is 3.02. The Morgan fingerprint density at radius 3 is 2.86 bits per heavy atom. The van der Waals surface area contributed by atoms with Crippen molar-refractivity contribution in [3.05, 3.63) is 46.7 Å². The summed E-state index contributed by atoms with van der Waals surface area (Å²) in [5, 5.41) is 19.1. The van der Waals surface area contributed by atoms with Gasteiger partial charge in [0.2, 0.25) is 5.91 Å². The van der Waals surface area contributed by atoms with E-state index in [1.807, 2.05) is 13.0 Å². The number of hydrogen-bond acceptors (Lipinski definition) is 4. The Labute approximate surface area is 125 Å². The molecular weight excluding hydrogens is 296 g/mol. The number of hydrogen-bond donors (Lipinski definition) is 2. The van der Waals surface area contributed by atoms with Gasteiger partial charge in [-0.3, -0.25) is 4.79 Å². The molecule has 0 aliphatic carbocycles. The zero-order valence-electron chi connectivity index (χ0n) is 11.2. The molecule has 2 aromatic rings. The van der Waals surface area contributed by atoms with Crippen LogP contribution in [-0.2, 0) is 11.3 Å². The van der Waals surface area contributed by atoms with E-state index in [1.165, 1.54) is 10.9 Å². The van der Waals surface area contributed by atoms with Crippen LogP contribution in [0.5, 0.6) is 0 Å². The lowest BCUT2D eigenvalue weighted by atomic mass is 10.1. The van der Waals surface area contributed by atoms with Crippen molar-refractivity contribution in [2.75, 3.05) is 0 Å². The first-order valence-electron chi connectivity index (χ1n) is 6.14. The molecule has 0 bridgehead atoms. The molecule has 0 radical (unpaired) electrons. The molecule has 1 heterocycles. The van der Waals surface area contributed by atoms with Crippen LogP contribution in [-0.4, -0.2) is 32.0 Å². The van der Waals surface area contributed by atoms with Gasteiger partial charge in [0.05, 0.1) is 12.2 Å². The van der Waals surface area contributed by atoms with Gasteiger partial charge in [0.15, 0.2) is 5.69 Å². The van der Waals surface area contributed by atoms with Gasteiger partial charge in [-0.15, -0.1) is 5.10 Å². The minimum absolute atomic E-state index is 0.106. The highest BCUT2D eigenvalue weighted by molar-refractivity contribution is 6.30. The van der Waals surface area contributed by atoms with Crippen LogP contribution in [0.4, 0.5) is 0 Å². The zero-order chi connectivity index (χ0) is 15.4. The first-order chi connectivity index (χ1) is 9.95. The maximum absolute atomic E-state index is 11.9. The number of aromatic nitrogens is 3. The first kappa shape index (κ1) is 15.0. The van der Waals surface area contributed by atoms with Crippen molar-refractivity contribution < 1.29 is 14.7 Å². The number of rotatable bonds is 5. The van der Waals surface area contributed by atoms with Gasteiger partial charge in [-0.05, 0) is 24.6 Å². The summed E-state index contributed by atoms with van der Waals surface area (Å²) in [6.07, 6.45) is 1.20. The smallest absolute Gasteiger partial charge is 0.358 e. The predicted molar refractivity (Wildman–Crippen MR) is 75.0 cm³/mol. The van der Waals surface area contributed by atoms with E-state index in [4.69, 9.17) is 16.7 Å². The Morgan fingerprint density at radius 2 is 2.24 bits per heavy atom. The van der Waals surface area contributed by atoms with Crippen molar-refractivity contribution in [3.63, 3.8) is 0 Å². The Balaban J connectivity index is 1.96. The summed E-state index contributed by atoms with van der Waals surface area (Å²) in [5.41, 5.74) is 0.673. The summed E-state index contributed by atoms with van der Waals surface area (Å²) < 4.78 is 1.17. The van der Waals surface area contributed by atoms with Crippen LogP contribution in [0.2, 0.25) is 5.02 Å². The second-order valence-corrected chi connectivity index (χ2v) is 4.89. The van der Waals surface area contributed by atoms with Gasteiger partial charge in [-0.2, -0.15) is 0 Å². The number of benzene rings is 1. The molecule has 2 N–H and O–H groups in total. The minimum atomic E-state index is -1.19. The minimum Gasteiger partial charge on any atom is -0.476 e. The second-order valence-electron chi connectivity index (χ2n) is 4.45. The largest absolute Gasteiger partial charge is 0.476 e. The van der Waals surface area contributed by atoms with Gasteiger partial charge in [-0.25, -0.2) is 9.48 Å².